The normalized spacial score (nSPS) is 11.3. The van der Waals surface area contributed by atoms with E-state index in [1.54, 1.807) is 6.92 Å². The second-order valence-corrected chi connectivity index (χ2v) is 7.04. The van der Waals surface area contributed by atoms with Crippen molar-refractivity contribution in [3.63, 3.8) is 0 Å². The molecule has 0 aromatic carbocycles. The van der Waals surface area contributed by atoms with E-state index in [0.717, 1.165) is 0 Å². The third-order valence-corrected chi connectivity index (χ3v) is 3.10. The van der Waals surface area contributed by atoms with Crippen molar-refractivity contribution in [1.29, 1.82) is 0 Å². The predicted molar refractivity (Wildman–Crippen MR) is 104 cm³/mol. The van der Waals surface area contributed by atoms with Crippen LogP contribution in [0.2, 0.25) is 0 Å². The van der Waals surface area contributed by atoms with Crippen LogP contribution in [0.1, 0.15) is 40.5 Å². The molecule has 0 aromatic rings. The molecule has 0 aliphatic rings. The zero-order valence-corrected chi connectivity index (χ0v) is 17.8. The van der Waals surface area contributed by atoms with Gasteiger partial charge in [0.1, 0.15) is 13.2 Å². The fraction of sp³-hybridized carbons (Fsp3) is 0.800. The van der Waals surface area contributed by atoms with E-state index in [1.165, 1.54) is 0 Å². The molecule has 0 unspecified atom stereocenters. The van der Waals surface area contributed by atoms with E-state index in [0.29, 0.717) is 64.7 Å². The first-order valence-corrected chi connectivity index (χ1v) is 9.58. The first-order valence-electron chi connectivity index (χ1n) is 9.58. The monoisotopic (exact) mass is 404 g/mol. The number of esters is 2. The highest BCUT2D eigenvalue weighted by molar-refractivity contribution is 5.86. The van der Waals surface area contributed by atoms with Crippen LogP contribution in [-0.2, 0) is 38.0 Å². The second-order valence-electron chi connectivity index (χ2n) is 7.04. The van der Waals surface area contributed by atoms with Gasteiger partial charge in [-0.15, -0.1) is 0 Å². The Morgan fingerprint density at radius 2 is 1.21 bits per heavy atom. The van der Waals surface area contributed by atoms with Gasteiger partial charge in [-0.25, -0.2) is 4.79 Å². The summed E-state index contributed by atoms with van der Waals surface area (Å²) < 4.78 is 31.4. The van der Waals surface area contributed by atoms with Crippen molar-refractivity contribution in [2.75, 3.05) is 59.5 Å². The lowest BCUT2D eigenvalue weighted by Gasteiger charge is -2.19. The maximum absolute atomic E-state index is 11.5. The molecule has 0 saturated heterocycles. The third-order valence-electron chi connectivity index (χ3n) is 3.10. The van der Waals surface area contributed by atoms with Gasteiger partial charge in [0.05, 0.1) is 45.2 Å². The van der Waals surface area contributed by atoms with E-state index in [1.807, 2.05) is 20.8 Å². The lowest BCUT2D eigenvalue weighted by atomic mass is 10.2. The number of hydrogen-bond donors (Lipinski definition) is 0. The average molecular weight is 405 g/mol. The van der Waals surface area contributed by atoms with Crippen LogP contribution in [-0.4, -0.2) is 77.0 Å². The highest BCUT2D eigenvalue weighted by atomic mass is 16.6. The van der Waals surface area contributed by atoms with Crippen molar-refractivity contribution in [1.82, 2.24) is 0 Å². The van der Waals surface area contributed by atoms with Gasteiger partial charge >= 0.3 is 11.9 Å². The molecular weight excluding hydrogens is 368 g/mol. The first-order chi connectivity index (χ1) is 13.2. The maximum Gasteiger partial charge on any atom is 0.333 e. The van der Waals surface area contributed by atoms with E-state index in [2.05, 4.69) is 6.58 Å². The second kappa shape index (κ2) is 16.5. The van der Waals surface area contributed by atoms with Gasteiger partial charge in [0.25, 0.3) is 0 Å². The van der Waals surface area contributed by atoms with Crippen LogP contribution in [0.4, 0.5) is 0 Å². The topological polar surface area (TPSA) is 89.5 Å². The molecule has 0 fully saturated rings. The summed E-state index contributed by atoms with van der Waals surface area (Å²) in [7, 11) is 0. The van der Waals surface area contributed by atoms with Crippen molar-refractivity contribution < 1.29 is 38.0 Å². The Morgan fingerprint density at radius 3 is 1.68 bits per heavy atom. The van der Waals surface area contributed by atoms with E-state index < -0.39 is 5.97 Å². The van der Waals surface area contributed by atoms with Crippen LogP contribution >= 0.6 is 0 Å². The maximum atomic E-state index is 11.5. The Bertz CT molecular complexity index is 442. The summed E-state index contributed by atoms with van der Waals surface area (Å²) in [6, 6.07) is 0. The Balaban J connectivity index is 3.26. The van der Waals surface area contributed by atoms with Gasteiger partial charge in [0, 0.05) is 18.6 Å². The fourth-order valence-electron chi connectivity index (χ4n) is 1.74. The van der Waals surface area contributed by atoms with Crippen molar-refractivity contribution in [2.24, 2.45) is 0 Å². The molecule has 0 atom stereocenters. The van der Waals surface area contributed by atoms with Gasteiger partial charge in [0.2, 0.25) is 0 Å². The molecule has 0 aromatic heterocycles. The van der Waals surface area contributed by atoms with Crippen LogP contribution in [0.5, 0.6) is 0 Å². The van der Waals surface area contributed by atoms with E-state index in [-0.39, 0.29) is 24.8 Å². The van der Waals surface area contributed by atoms with Crippen LogP contribution in [0.15, 0.2) is 12.2 Å². The lowest BCUT2D eigenvalue weighted by molar-refractivity contribution is -0.146. The van der Waals surface area contributed by atoms with E-state index in [9.17, 15) is 9.59 Å². The summed E-state index contributed by atoms with van der Waals surface area (Å²) >= 11 is 0. The first kappa shape index (κ1) is 26.5. The molecule has 0 aliphatic carbocycles. The Hall–Kier alpha value is -1.48. The average Bonchev–Trinajstić information content (AvgIpc) is 2.61. The van der Waals surface area contributed by atoms with Crippen molar-refractivity contribution in [2.45, 2.75) is 46.1 Å². The largest absolute Gasteiger partial charge is 0.463 e. The summed E-state index contributed by atoms with van der Waals surface area (Å²) in [6.07, 6.45) is 0.981. The molecule has 0 heterocycles. The zero-order chi connectivity index (χ0) is 21.3. The van der Waals surface area contributed by atoms with Gasteiger partial charge in [-0.1, -0.05) is 6.58 Å². The Morgan fingerprint density at radius 1 is 0.750 bits per heavy atom. The number of carbonyl (C=O) groups is 2. The number of hydrogen-bond acceptors (Lipinski definition) is 8. The van der Waals surface area contributed by atoms with Crippen LogP contribution in [0, 0.1) is 0 Å². The van der Waals surface area contributed by atoms with E-state index >= 15 is 0 Å². The molecule has 0 aliphatic heterocycles. The van der Waals surface area contributed by atoms with Crippen LogP contribution in [0.25, 0.3) is 0 Å². The quantitative estimate of drug-likeness (QED) is 0.207. The zero-order valence-electron chi connectivity index (χ0n) is 17.8. The van der Waals surface area contributed by atoms with Crippen LogP contribution < -0.4 is 0 Å². The number of ether oxygens (including phenoxy) is 6. The van der Waals surface area contributed by atoms with E-state index in [4.69, 9.17) is 28.4 Å². The molecule has 28 heavy (non-hydrogen) atoms. The molecule has 0 saturated carbocycles. The minimum Gasteiger partial charge on any atom is -0.463 e. The minimum atomic E-state index is -0.419. The lowest BCUT2D eigenvalue weighted by Crippen LogP contribution is -2.20. The molecule has 8 heteroatoms. The highest BCUT2D eigenvalue weighted by Crippen LogP contribution is 2.07. The SMILES string of the molecule is C=C(C)C(=O)OCCOCCOCCOCCOC(=O)CCCOC(C)(C)C. The molecule has 0 radical (unpaired) electrons. The summed E-state index contributed by atoms with van der Waals surface area (Å²) in [5, 5.41) is 0. The van der Waals surface area contributed by atoms with Gasteiger partial charge in [-0.05, 0) is 34.1 Å². The molecule has 164 valence electrons. The van der Waals surface area contributed by atoms with Gasteiger partial charge in [0.15, 0.2) is 0 Å². The van der Waals surface area contributed by atoms with Gasteiger partial charge in [-0.2, -0.15) is 0 Å². The number of carbonyl (C=O) groups excluding carboxylic acids is 2. The summed E-state index contributed by atoms with van der Waals surface area (Å²) in [4.78, 5) is 22.6. The molecule has 8 nitrogen and oxygen atoms in total. The molecule has 0 spiro atoms. The molecular formula is C20H36O8. The fourth-order valence-corrected chi connectivity index (χ4v) is 1.74. The smallest absolute Gasteiger partial charge is 0.333 e. The van der Waals surface area contributed by atoms with Crippen LogP contribution in [0.3, 0.4) is 0 Å². The summed E-state index contributed by atoms with van der Waals surface area (Å²) in [5.41, 5.74) is 0.176. The minimum absolute atomic E-state index is 0.189. The summed E-state index contributed by atoms with van der Waals surface area (Å²) in [6.45, 7) is 14.3. The Kier molecular flexibility index (Phi) is 15.6. The Labute approximate surface area is 168 Å². The highest BCUT2D eigenvalue weighted by Gasteiger charge is 2.10. The van der Waals surface area contributed by atoms with Crippen molar-refractivity contribution in [3.8, 4) is 0 Å². The molecule has 0 rings (SSSR count). The van der Waals surface area contributed by atoms with Crippen molar-refractivity contribution in [3.05, 3.63) is 12.2 Å². The molecule has 0 amide bonds. The molecule has 0 bridgehead atoms. The van der Waals surface area contributed by atoms with Gasteiger partial charge < -0.3 is 28.4 Å². The summed E-state index contributed by atoms with van der Waals surface area (Å²) in [5.74, 6) is -0.666. The number of rotatable bonds is 17. The standard InChI is InChI=1S/C20H36O8/c1-17(2)19(22)27-16-14-25-12-10-23-9-11-24-13-15-26-18(21)7-6-8-28-20(3,4)5/h1,6-16H2,2-5H3. The third kappa shape index (κ3) is 19.3. The predicted octanol–water partition coefficient (Wildman–Crippen LogP) is 2.29. The molecule has 0 N–H and O–H groups in total. The van der Waals surface area contributed by atoms with Gasteiger partial charge in [-0.3, -0.25) is 4.79 Å². The van der Waals surface area contributed by atoms with Crippen molar-refractivity contribution >= 4 is 11.9 Å².